The van der Waals surface area contributed by atoms with Gasteiger partial charge in [0.25, 0.3) is 0 Å². The maximum atomic E-state index is 14.3. The van der Waals surface area contributed by atoms with E-state index in [1.54, 1.807) is 30.3 Å². The van der Waals surface area contributed by atoms with Gasteiger partial charge < -0.3 is 10.2 Å². The summed E-state index contributed by atoms with van der Waals surface area (Å²) >= 11 is 0. The molecule has 3 atom stereocenters. The monoisotopic (exact) mass is 451 g/mol. The van der Waals surface area contributed by atoms with Gasteiger partial charge in [-0.15, -0.1) is 0 Å². The van der Waals surface area contributed by atoms with Gasteiger partial charge >= 0.3 is 0 Å². The summed E-state index contributed by atoms with van der Waals surface area (Å²) in [5.41, 5.74) is 2.94. The number of anilines is 1. The molecule has 2 aromatic heterocycles. The number of hydrogen-bond donors (Lipinski definition) is 1. The van der Waals surface area contributed by atoms with Crippen LogP contribution in [0.25, 0.3) is 11.4 Å². The van der Waals surface area contributed by atoms with Crippen LogP contribution in [0, 0.1) is 12.8 Å². The average molecular weight is 452 g/mol. The minimum absolute atomic E-state index is 0.115. The number of allylic oxidation sites excluding steroid dienone is 3. The Balaban J connectivity index is 1.31. The van der Waals surface area contributed by atoms with E-state index >= 15 is 0 Å². The van der Waals surface area contributed by atoms with E-state index in [1.165, 1.54) is 6.08 Å². The molecule has 0 saturated carbocycles. The van der Waals surface area contributed by atoms with Gasteiger partial charge in [0.15, 0.2) is 5.82 Å². The quantitative estimate of drug-likeness (QED) is 0.752. The van der Waals surface area contributed by atoms with Crippen LogP contribution in [0.2, 0.25) is 0 Å². The van der Waals surface area contributed by atoms with E-state index in [9.17, 15) is 13.6 Å². The van der Waals surface area contributed by atoms with Crippen molar-refractivity contribution in [3.8, 4) is 11.4 Å². The Labute approximate surface area is 191 Å². The molecule has 1 saturated heterocycles. The molecule has 4 heterocycles. The second-order valence-corrected chi connectivity index (χ2v) is 9.26. The summed E-state index contributed by atoms with van der Waals surface area (Å²) in [5.74, 6) is 0.139. The van der Waals surface area contributed by atoms with Crippen LogP contribution < -0.4 is 5.32 Å². The van der Waals surface area contributed by atoms with Gasteiger partial charge in [0, 0.05) is 37.5 Å². The fourth-order valence-electron chi connectivity index (χ4n) is 5.11. The minimum atomic E-state index is -1.32. The molecule has 0 aromatic carbocycles. The summed E-state index contributed by atoms with van der Waals surface area (Å²) in [6, 6.07) is 3.90. The van der Waals surface area contributed by atoms with Crippen LogP contribution in [0.1, 0.15) is 37.4 Å². The number of likely N-dealkylation sites (tertiary alicyclic amines) is 1. The first-order chi connectivity index (χ1) is 15.8. The molecule has 1 aliphatic carbocycles. The summed E-state index contributed by atoms with van der Waals surface area (Å²) in [6.07, 6.45) is 7.25. The van der Waals surface area contributed by atoms with Gasteiger partial charge in [-0.3, -0.25) is 4.79 Å². The van der Waals surface area contributed by atoms with Crippen LogP contribution >= 0.6 is 0 Å². The number of aryl methyl sites for hydroxylation is 2. The van der Waals surface area contributed by atoms with Gasteiger partial charge in [-0.2, -0.15) is 0 Å². The van der Waals surface area contributed by atoms with E-state index in [4.69, 9.17) is 4.98 Å². The third-order valence-electron chi connectivity index (χ3n) is 7.02. The lowest BCUT2D eigenvalue weighted by Gasteiger charge is -2.36. The zero-order valence-electron chi connectivity index (χ0n) is 18.8. The molecule has 6 nitrogen and oxygen atoms in total. The Morgan fingerprint density at radius 1 is 1.30 bits per heavy atom. The number of pyridine rings is 1. The standard InChI is InChI=1S/C25H27F2N5O/c1-15(19-5-4-18(26)13-21(19)27)24(33)32-11-8-25(14-32)7-6-17-12-20(16(2)30-22(17)31-25)23-28-9-3-10-29-23/h3,5,9-10,12-13,15,18H,4,6-8,11,14H2,1-2H3,(H,30,31)/t15-,18?,25+/m1/s1. The third-order valence-corrected chi connectivity index (χ3v) is 7.02. The Bertz CT molecular complexity index is 1150. The van der Waals surface area contributed by atoms with E-state index in [-0.39, 0.29) is 17.9 Å². The van der Waals surface area contributed by atoms with Gasteiger partial charge in [-0.05, 0) is 62.5 Å². The highest BCUT2D eigenvalue weighted by atomic mass is 19.1. The molecule has 33 heavy (non-hydrogen) atoms. The molecular weight excluding hydrogens is 424 g/mol. The van der Waals surface area contributed by atoms with Crippen molar-refractivity contribution in [2.75, 3.05) is 18.4 Å². The molecule has 0 radical (unpaired) electrons. The first-order valence-corrected chi connectivity index (χ1v) is 11.4. The highest BCUT2D eigenvalue weighted by Crippen LogP contribution is 2.39. The Hall–Kier alpha value is -3.16. The lowest BCUT2D eigenvalue weighted by molar-refractivity contribution is -0.132. The van der Waals surface area contributed by atoms with Crippen molar-refractivity contribution in [2.45, 2.75) is 51.2 Å². The maximum absolute atomic E-state index is 14.3. The van der Waals surface area contributed by atoms with E-state index < -0.39 is 17.9 Å². The molecule has 1 fully saturated rings. The molecule has 8 heteroatoms. The van der Waals surface area contributed by atoms with Crippen molar-refractivity contribution < 1.29 is 13.6 Å². The summed E-state index contributed by atoms with van der Waals surface area (Å²) < 4.78 is 27.7. The smallest absolute Gasteiger partial charge is 0.230 e. The topological polar surface area (TPSA) is 71.0 Å². The first kappa shape index (κ1) is 21.7. The average Bonchev–Trinajstić information content (AvgIpc) is 3.21. The number of nitrogens with zero attached hydrogens (tertiary/aromatic N) is 4. The summed E-state index contributed by atoms with van der Waals surface area (Å²) in [6.45, 7) is 4.80. The number of alkyl halides is 1. The number of nitrogens with one attached hydrogen (secondary N) is 1. The van der Waals surface area contributed by atoms with Crippen molar-refractivity contribution in [2.24, 2.45) is 5.92 Å². The van der Waals surface area contributed by atoms with E-state index in [2.05, 4.69) is 21.4 Å². The van der Waals surface area contributed by atoms with E-state index in [1.807, 2.05) is 6.92 Å². The summed E-state index contributed by atoms with van der Waals surface area (Å²) in [7, 11) is 0. The van der Waals surface area contributed by atoms with Crippen LogP contribution in [-0.4, -0.2) is 50.6 Å². The third kappa shape index (κ3) is 4.03. The van der Waals surface area contributed by atoms with Crippen LogP contribution in [0.5, 0.6) is 0 Å². The van der Waals surface area contributed by atoms with Crippen LogP contribution in [0.4, 0.5) is 14.6 Å². The highest BCUT2D eigenvalue weighted by Gasteiger charge is 2.43. The second kappa shape index (κ2) is 8.32. The fraction of sp³-hybridized carbons (Fsp3) is 0.440. The lowest BCUT2D eigenvalue weighted by atomic mass is 9.86. The molecule has 5 rings (SSSR count). The van der Waals surface area contributed by atoms with Crippen LogP contribution in [0.3, 0.4) is 0 Å². The van der Waals surface area contributed by atoms with Crippen molar-refractivity contribution in [3.63, 3.8) is 0 Å². The molecule has 1 amide bonds. The van der Waals surface area contributed by atoms with E-state index in [0.717, 1.165) is 48.0 Å². The molecule has 1 N–H and O–H groups in total. The van der Waals surface area contributed by atoms with Crippen molar-refractivity contribution in [3.05, 3.63) is 59.3 Å². The fourth-order valence-corrected chi connectivity index (χ4v) is 5.11. The van der Waals surface area contributed by atoms with Gasteiger partial charge in [0.2, 0.25) is 5.91 Å². The molecule has 2 aromatic rings. The Morgan fingerprint density at radius 3 is 2.85 bits per heavy atom. The number of halogens is 2. The summed E-state index contributed by atoms with van der Waals surface area (Å²) in [4.78, 5) is 28.5. The number of rotatable bonds is 3. The zero-order chi connectivity index (χ0) is 23.2. The molecule has 2 aliphatic heterocycles. The van der Waals surface area contributed by atoms with E-state index in [0.29, 0.717) is 24.5 Å². The normalized spacial score (nSPS) is 25.2. The number of aromatic nitrogens is 3. The van der Waals surface area contributed by atoms with Crippen LogP contribution in [-0.2, 0) is 11.2 Å². The van der Waals surface area contributed by atoms with Crippen molar-refractivity contribution >= 4 is 11.7 Å². The SMILES string of the molecule is Cc1nc2c(cc1-c1ncccn1)CC[C@@]1(CCN(C(=O)[C@H](C)C3=CCC(F)C=C3F)C1)N2. The number of carbonyl (C=O) groups is 1. The number of amides is 1. The maximum Gasteiger partial charge on any atom is 0.230 e. The van der Waals surface area contributed by atoms with Crippen molar-refractivity contribution in [1.82, 2.24) is 19.9 Å². The minimum Gasteiger partial charge on any atom is -0.363 e. The number of carbonyl (C=O) groups excluding carboxylic acids is 1. The van der Waals surface area contributed by atoms with Gasteiger partial charge in [-0.1, -0.05) is 6.08 Å². The lowest BCUT2D eigenvalue weighted by Crippen LogP contribution is -2.46. The van der Waals surface area contributed by atoms with Crippen molar-refractivity contribution in [1.29, 1.82) is 0 Å². The molecular formula is C25H27F2N5O. The highest BCUT2D eigenvalue weighted by molar-refractivity contribution is 5.83. The zero-order valence-corrected chi connectivity index (χ0v) is 18.8. The summed E-state index contributed by atoms with van der Waals surface area (Å²) in [5, 5.41) is 3.61. The van der Waals surface area contributed by atoms with Crippen LogP contribution in [0.15, 0.2) is 48.1 Å². The Kier molecular flexibility index (Phi) is 5.46. The largest absolute Gasteiger partial charge is 0.363 e. The molecule has 1 spiro atoms. The molecule has 3 aliphatic rings. The van der Waals surface area contributed by atoms with Gasteiger partial charge in [0.1, 0.15) is 17.8 Å². The number of hydrogen-bond acceptors (Lipinski definition) is 5. The first-order valence-electron chi connectivity index (χ1n) is 11.4. The predicted molar refractivity (Wildman–Crippen MR) is 122 cm³/mol. The van der Waals surface area contributed by atoms with Gasteiger partial charge in [0.05, 0.1) is 17.2 Å². The Morgan fingerprint density at radius 2 is 2.09 bits per heavy atom. The predicted octanol–water partition coefficient (Wildman–Crippen LogP) is 4.33. The second-order valence-electron chi connectivity index (χ2n) is 9.26. The molecule has 0 bridgehead atoms. The molecule has 172 valence electrons. The molecule has 1 unspecified atom stereocenters. The number of fused-ring (bicyclic) bond motifs is 1. The van der Waals surface area contributed by atoms with Gasteiger partial charge in [-0.25, -0.2) is 23.7 Å².